The zero-order valence-corrected chi connectivity index (χ0v) is 19.9. The lowest BCUT2D eigenvalue weighted by Crippen LogP contribution is -2.49. The quantitative estimate of drug-likeness (QED) is 0.711. The molecule has 2 heterocycles. The zero-order chi connectivity index (χ0) is 24.6. The molecule has 1 aromatic heterocycles. The summed E-state index contributed by atoms with van der Waals surface area (Å²) in [4.78, 5) is 30.4. The molecular weight excluding hydrogens is 426 g/mol. The summed E-state index contributed by atoms with van der Waals surface area (Å²) in [6.45, 7) is 8.27. The number of pyridine rings is 1. The van der Waals surface area contributed by atoms with Crippen LogP contribution in [0.3, 0.4) is 0 Å². The fraction of sp³-hybridized carbons (Fsp3) is 0.333. The molecule has 0 saturated carbocycles. The number of Topliss-reactive ketones (excluding diaryl/α,β-unsaturated/α-hetero) is 1. The van der Waals surface area contributed by atoms with E-state index in [0.717, 1.165) is 5.56 Å². The summed E-state index contributed by atoms with van der Waals surface area (Å²) in [6.07, 6.45) is 3.95. The van der Waals surface area contributed by atoms with Gasteiger partial charge in [-0.05, 0) is 41.0 Å². The molecule has 0 fully saturated rings. The van der Waals surface area contributed by atoms with Crippen molar-refractivity contribution < 1.29 is 9.59 Å². The number of rotatable bonds is 4. The van der Waals surface area contributed by atoms with Gasteiger partial charge in [-0.15, -0.1) is 0 Å². The summed E-state index contributed by atoms with van der Waals surface area (Å²) in [5.41, 5.74) is 12.9. The van der Waals surface area contributed by atoms with Gasteiger partial charge in [-0.2, -0.15) is 5.26 Å². The fourth-order valence-electron chi connectivity index (χ4n) is 4.71. The Labute approximate surface area is 199 Å². The Kier molecular flexibility index (Phi) is 6.01. The van der Waals surface area contributed by atoms with Crippen molar-refractivity contribution in [2.24, 2.45) is 11.1 Å². The number of benzene rings is 1. The lowest BCUT2D eigenvalue weighted by atomic mass is 9.69. The van der Waals surface area contributed by atoms with Gasteiger partial charge in [0.1, 0.15) is 5.82 Å². The number of aromatic nitrogens is 1. The highest BCUT2D eigenvalue weighted by molar-refractivity contribution is 6.00. The molecule has 1 aliphatic carbocycles. The molecule has 1 atom stereocenters. The van der Waals surface area contributed by atoms with E-state index < -0.39 is 11.8 Å². The van der Waals surface area contributed by atoms with E-state index in [2.05, 4.69) is 30.3 Å². The number of carbonyl (C=O) groups excluding carboxylic acids is 2. The van der Waals surface area contributed by atoms with E-state index in [9.17, 15) is 14.9 Å². The minimum absolute atomic E-state index is 0.0346. The maximum Gasteiger partial charge on any atom is 0.270 e. The predicted molar refractivity (Wildman–Crippen MR) is 129 cm³/mol. The fourth-order valence-corrected chi connectivity index (χ4v) is 4.71. The molecule has 7 heteroatoms. The highest BCUT2D eigenvalue weighted by Gasteiger charge is 2.44. The number of hydrogen-bond donors (Lipinski definition) is 2. The van der Waals surface area contributed by atoms with Gasteiger partial charge < -0.3 is 5.73 Å². The van der Waals surface area contributed by atoms with Gasteiger partial charge in [-0.25, -0.2) is 5.01 Å². The van der Waals surface area contributed by atoms with Crippen molar-refractivity contribution in [3.63, 3.8) is 0 Å². The van der Waals surface area contributed by atoms with Crippen LogP contribution in [-0.2, 0) is 4.79 Å². The number of ketones is 1. The molecule has 2 aromatic rings. The van der Waals surface area contributed by atoms with Crippen molar-refractivity contribution in [2.75, 3.05) is 0 Å². The van der Waals surface area contributed by atoms with Crippen LogP contribution in [-0.4, -0.2) is 21.7 Å². The minimum Gasteiger partial charge on any atom is -0.383 e. The molecule has 174 valence electrons. The van der Waals surface area contributed by atoms with Gasteiger partial charge in [0.25, 0.3) is 5.91 Å². The summed E-state index contributed by atoms with van der Waals surface area (Å²) in [5.74, 6) is -0.508. The third-order valence-corrected chi connectivity index (χ3v) is 6.47. The average Bonchev–Trinajstić information content (AvgIpc) is 2.80. The molecule has 2 aliphatic rings. The van der Waals surface area contributed by atoms with Gasteiger partial charge in [0, 0.05) is 30.0 Å². The Morgan fingerprint density at radius 1 is 1.18 bits per heavy atom. The van der Waals surface area contributed by atoms with Crippen molar-refractivity contribution in [1.29, 1.82) is 5.26 Å². The number of amides is 1. The molecule has 0 bridgehead atoms. The second kappa shape index (κ2) is 8.79. The number of nitrogens with two attached hydrogens (primary N) is 1. The van der Waals surface area contributed by atoms with E-state index in [0.29, 0.717) is 35.6 Å². The Balaban J connectivity index is 1.84. The van der Waals surface area contributed by atoms with Crippen LogP contribution in [0.5, 0.6) is 0 Å². The van der Waals surface area contributed by atoms with Crippen LogP contribution in [0.25, 0.3) is 0 Å². The number of hydrazine groups is 1. The van der Waals surface area contributed by atoms with Crippen LogP contribution < -0.4 is 11.2 Å². The largest absolute Gasteiger partial charge is 0.383 e. The molecule has 0 radical (unpaired) electrons. The lowest BCUT2D eigenvalue weighted by molar-refractivity contribution is -0.118. The highest BCUT2D eigenvalue weighted by atomic mass is 16.2. The molecule has 7 nitrogen and oxygen atoms in total. The summed E-state index contributed by atoms with van der Waals surface area (Å²) in [5, 5.41) is 11.6. The van der Waals surface area contributed by atoms with E-state index in [4.69, 9.17) is 5.73 Å². The van der Waals surface area contributed by atoms with E-state index in [1.807, 2.05) is 38.1 Å². The number of nitriles is 1. The smallest absolute Gasteiger partial charge is 0.270 e. The van der Waals surface area contributed by atoms with Gasteiger partial charge in [0.15, 0.2) is 5.78 Å². The molecule has 34 heavy (non-hydrogen) atoms. The van der Waals surface area contributed by atoms with Gasteiger partial charge >= 0.3 is 0 Å². The second-order valence-electron chi connectivity index (χ2n) is 9.98. The van der Waals surface area contributed by atoms with Crippen LogP contribution in [0.1, 0.15) is 73.9 Å². The predicted octanol–water partition coefficient (Wildman–Crippen LogP) is 4.29. The minimum atomic E-state index is -0.570. The standard InChI is InChI=1S/C27H29N5O2/c1-16(2)17-5-7-18(8-6-17)23-20(15-28)25(29)32(31-26(34)19-9-11-30-12-10-19)21-13-27(3,4)14-22(33)24(21)23/h5-12,16,23H,13-14,29H2,1-4H3,(H,31,34). The highest BCUT2D eigenvalue weighted by Crippen LogP contribution is 2.48. The average molecular weight is 456 g/mol. The Bertz CT molecular complexity index is 1230. The summed E-state index contributed by atoms with van der Waals surface area (Å²) < 4.78 is 0. The van der Waals surface area contributed by atoms with Gasteiger partial charge in [-0.1, -0.05) is 52.0 Å². The Hall–Kier alpha value is -3.92. The maximum absolute atomic E-state index is 13.5. The molecular formula is C27H29N5O2. The van der Waals surface area contributed by atoms with Crippen molar-refractivity contribution in [3.05, 3.63) is 88.1 Å². The van der Waals surface area contributed by atoms with E-state index in [1.165, 1.54) is 23.0 Å². The van der Waals surface area contributed by atoms with Crippen LogP contribution in [0.2, 0.25) is 0 Å². The third kappa shape index (κ3) is 4.19. The van der Waals surface area contributed by atoms with Gasteiger partial charge in [0.05, 0.1) is 23.3 Å². The molecule has 1 aliphatic heterocycles. The second-order valence-corrected chi connectivity index (χ2v) is 9.98. The SMILES string of the molecule is CC(C)c1ccc(C2C(C#N)=C(N)N(NC(=O)c3ccncc3)C3=C2C(=O)CC(C)(C)C3)cc1. The van der Waals surface area contributed by atoms with E-state index in [1.54, 1.807) is 12.1 Å². The summed E-state index contributed by atoms with van der Waals surface area (Å²) >= 11 is 0. The van der Waals surface area contributed by atoms with Crippen LogP contribution in [0, 0.1) is 16.7 Å². The number of hydrogen-bond acceptors (Lipinski definition) is 6. The molecule has 1 aromatic carbocycles. The third-order valence-electron chi connectivity index (χ3n) is 6.47. The first-order valence-corrected chi connectivity index (χ1v) is 11.4. The molecule has 1 amide bonds. The number of nitrogens with one attached hydrogen (secondary N) is 1. The first kappa shape index (κ1) is 23.2. The molecule has 0 saturated heterocycles. The van der Waals surface area contributed by atoms with Crippen molar-refractivity contribution in [1.82, 2.24) is 15.4 Å². The first-order chi connectivity index (χ1) is 16.1. The maximum atomic E-state index is 13.5. The summed E-state index contributed by atoms with van der Waals surface area (Å²) in [6, 6.07) is 13.4. The van der Waals surface area contributed by atoms with Crippen LogP contribution in [0.15, 0.2) is 71.5 Å². The molecule has 0 spiro atoms. The number of nitrogens with zero attached hydrogens (tertiary/aromatic N) is 3. The van der Waals surface area contributed by atoms with Gasteiger partial charge in [0.2, 0.25) is 0 Å². The van der Waals surface area contributed by atoms with Crippen molar-refractivity contribution in [3.8, 4) is 6.07 Å². The molecule has 3 N–H and O–H groups in total. The molecule has 1 unspecified atom stereocenters. The van der Waals surface area contributed by atoms with Gasteiger partial charge in [-0.3, -0.25) is 20.0 Å². The lowest BCUT2D eigenvalue weighted by Gasteiger charge is -2.43. The monoisotopic (exact) mass is 455 g/mol. The van der Waals surface area contributed by atoms with Crippen LogP contribution in [0.4, 0.5) is 0 Å². The van der Waals surface area contributed by atoms with Crippen molar-refractivity contribution >= 4 is 11.7 Å². The van der Waals surface area contributed by atoms with Crippen LogP contribution >= 0.6 is 0 Å². The number of carbonyl (C=O) groups is 2. The topological polar surface area (TPSA) is 112 Å². The normalized spacial score (nSPS) is 19.7. The van der Waals surface area contributed by atoms with E-state index in [-0.39, 0.29) is 22.6 Å². The molecule has 4 rings (SSSR count). The van der Waals surface area contributed by atoms with E-state index >= 15 is 0 Å². The summed E-state index contributed by atoms with van der Waals surface area (Å²) in [7, 11) is 0. The number of allylic oxidation sites excluding steroid dienone is 3. The Morgan fingerprint density at radius 2 is 1.82 bits per heavy atom. The first-order valence-electron chi connectivity index (χ1n) is 11.4. The zero-order valence-electron chi connectivity index (χ0n) is 19.9. The van der Waals surface area contributed by atoms with Crippen molar-refractivity contribution in [2.45, 2.75) is 52.4 Å². The Morgan fingerprint density at radius 3 is 2.41 bits per heavy atom.